The van der Waals surface area contributed by atoms with Crippen LogP contribution in [0.3, 0.4) is 0 Å². The van der Waals surface area contributed by atoms with E-state index in [0.717, 1.165) is 5.56 Å². The van der Waals surface area contributed by atoms with E-state index < -0.39 is 5.97 Å². The third-order valence-corrected chi connectivity index (χ3v) is 2.31. The first kappa shape index (κ1) is 11.3. The van der Waals surface area contributed by atoms with Crippen molar-refractivity contribution in [2.24, 2.45) is 0 Å². The normalized spacial score (nSPS) is 10.0. The molecule has 0 aliphatic rings. The second-order valence-electron chi connectivity index (χ2n) is 3.71. The number of halogens is 1. The summed E-state index contributed by atoms with van der Waals surface area (Å²) in [5.74, 6) is -0.478. The fourth-order valence-electron chi connectivity index (χ4n) is 1.36. The molecule has 0 unspecified atom stereocenters. The molecule has 86 valence electrons. The molecule has 0 aliphatic heterocycles. The summed E-state index contributed by atoms with van der Waals surface area (Å²) in [6.07, 6.45) is 0. The highest BCUT2D eigenvalue weighted by molar-refractivity contribution is 5.91. The second-order valence-corrected chi connectivity index (χ2v) is 3.71. The Morgan fingerprint density at radius 3 is 2.18 bits per heavy atom. The van der Waals surface area contributed by atoms with E-state index in [-0.39, 0.29) is 5.82 Å². The molecule has 17 heavy (non-hydrogen) atoms. The van der Waals surface area contributed by atoms with Gasteiger partial charge in [-0.15, -0.1) is 0 Å². The summed E-state index contributed by atoms with van der Waals surface area (Å²) < 4.78 is 17.7. The van der Waals surface area contributed by atoms with E-state index in [4.69, 9.17) is 4.74 Å². The number of carbonyl (C=O) groups is 1. The largest absolute Gasteiger partial charge is 0.423 e. The number of ether oxygens (including phenoxy) is 1. The van der Waals surface area contributed by atoms with Crippen LogP contribution in [0.2, 0.25) is 0 Å². The van der Waals surface area contributed by atoms with Crippen molar-refractivity contribution in [2.75, 3.05) is 0 Å². The van der Waals surface area contributed by atoms with E-state index in [1.807, 2.05) is 19.1 Å². The van der Waals surface area contributed by atoms with Crippen molar-refractivity contribution in [2.45, 2.75) is 6.92 Å². The molecule has 0 aromatic heterocycles. The summed E-state index contributed by atoms with van der Waals surface area (Å²) in [5, 5.41) is 0. The molecule has 0 radical (unpaired) electrons. The van der Waals surface area contributed by atoms with Gasteiger partial charge >= 0.3 is 5.97 Å². The second kappa shape index (κ2) is 4.78. The van der Waals surface area contributed by atoms with Gasteiger partial charge in [-0.1, -0.05) is 17.7 Å². The monoisotopic (exact) mass is 230 g/mol. The van der Waals surface area contributed by atoms with Crippen molar-refractivity contribution in [3.8, 4) is 5.75 Å². The highest BCUT2D eigenvalue weighted by atomic mass is 19.1. The zero-order valence-electron chi connectivity index (χ0n) is 9.31. The van der Waals surface area contributed by atoms with Crippen LogP contribution in [-0.4, -0.2) is 5.97 Å². The fraction of sp³-hybridized carbons (Fsp3) is 0.0714. The number of aryl methyl sites for hydroxylation is 1. The fourth-order valence-corrected chi connectivity index (χ4v) is 1.36. The number of esters is 1. The molecule has 2 aromatic carbocycles. The molecule has 2 nitrogen and oxygen atoms in total. The van der Waals surface area contributed by atoms with Crippen molar-refractivity contribution >= 4 is 5.97 Å². The maximum absolute atomic E-state index is 12.7. The van der Waals surface area contributed by atoms with Crippen LogP contribution < -0.4 is 4.74 Å². The standard InChI is InChI=1S/C14H11FO2/c1-10-2-4-11(5-3-10)14(16)17-13-8-6-12(15)7-9-13/h2-9H,1H3. The van der Waals surface area contributed by atoms with Crippen LogP contribution in [0.1, 0.15) is 15.9 Å². The van der Waals surface area contributed by atoms with Gasteiger partial charge in [0, 0.05) is 0 Å². The Bertz CT molecular complexity index is 515. The Morgan fingerprint density at radius 1 is 1.00 bits per heavy atom. The third-order valence-electron chi connectivity index (χ3n) is 2.31. The van der Waals surface area contributed by atoms with Crippen molar-refractivity contribution in [3.05, 3.63) is 65.5 Å². The van der Waals surface area contributed by atoms with E-state index >= 15 is 0 Å². The van der Waals surface area contributed by atoms with Crippen molar-refractivity contribution < 1.29 is 13.9 Å². The summed E-state index contributed by atoms with van der Waals surface area (Å²) in [6, 6.07) is 12.4. The smallest absolute Gasteiger partial charge is 0.343 e. The molecule has 2 rings (SSSR count). The van der Waals surface area contributed by atoms with E-state index in [1.54, 1.807) is 12.1 Å². The Morgan fingerprint density at radius 2 is 1.59 bits per heavy atom. The summed E-state index contributed by atoms with van der Waals surface area (Å²) in [5.41, 5.74) is 1.54. The molecule has 0 atom stereocenters. The number of carbonyl (C=O) groups excluding carboxylic acids is 1. The van der Waals surface area contributed by atoms with Crippen LogP contribution in [0.4, 0.5) is 4.39 Å². The first-order valence-corrected chi connectivity index (χ1v) is 5.19. The van der Waals surface area contributed by atoms with Gasteiger partial charge in [-0.2, -0.15) is 0 Å². The SMILES string of the molecule is Cc1ccc(C(=O)Oc2ccc(F)cc2)cc1. The van der Waals surface area contributed by atoms with E-state index in [2.05, 4.69) is 0 Å². The summed E-state index contributed by atoms with van der Waals surface area (Å²) in [6.45, 7) is 1.94. The molecule has 0 aliphatic carbocycles. The third kappa shape index (κ3) is 2.91. The van der Waals surface area contributed by atoms with Crippen molar-refractivity contribution in [1.29, 1.82) is 0 Å². The zero-order valence-corrected chi connectivity index (χ0v) is 9.31. The maximum atomic E-state index is 12.7. The average molecular weight is 230 g/mol. The molecule has 0 saturated heterocycles. The van der Waals surface area contributed by atoms with Crippen LogP contribution in [-0.2, 0) is 0 Å². The lowest BCUT2D eigenvalue weighted by Crippen LogP contribution is -2.08. The molecular weight excluding hydrogens is 219 g/mol. The van der Waals surface area contributed by atoms with Gasteiger partial charge in [-0.25, -0.2) is 9.18 Å². The Balaban J connectivity index is 2.11. The molecule has 0 spiro atoms. The number of rotatable bonds is 2. The first-order valence-electron chi connectivity index (χ1n) is 5.19. The van der Waals surface area contributed by atoms with Crippen LogP contribution in [0.5, 0.6) is 5.75 Å². The lowest BCUT2D eigenvalue weighted by Gasteiger charge is -2.04. The average Bonchev–Trinajstić information content (AvgIpc) is 2.33. The lowest BCUT2D eigenvalue weighted by molar-refractivity contribution is 0.0734. The molecule has 0 heterocycles. The zero-order chi connectivity index (χ0) is 12.3. The number of hydrogen-bond acceptors (Lipinski definition) is 2. The Hall–Kier alpha value is -2.16. The highest BCUT2D eigenvalue weighted by Crippen LogP contribution is 2.13. The molecule has 0 N–H and O–H groups in total. The molecule has 0 amide bonds. The Labute approximate surface area is 98.7 Å². The van der Waals surface area contributed by atoms with Gasteiger partial charge in [0.05, 0.1) is 5.56 Å². The van der Waals surface area contributed by atoms with E-state index in [1.165, 1.54) is 24.3 Å². The van der Waals surface area contributed by atoms with Gasteiger partial charge < -0.3 is 4.74 Å². The minimum absolute atomic E-state index is 0.331. The Kier molecular flexibility index (Phi) is 3.19. The molecular formula is C14H11FO2. The molecule has 0 fully saturated rings. The highest BCUT2D eigenvalue weighted by Gasteiger charge is 2.07. The molecule has 2 aromatic rings. The van der Waals surface area contributed by atoms with Crippen molar-refractivity contribution in [1.82, 2.24) is 0 Å². The molecule has 3 heteroatoms. The maximum Gasteiger partial charge on any atom is 0.343 e. The van der Waals surface area contributed by atoms with Crippen molar-refractivity contribution in [3.63, 3.8) is 0 Å². The lowest BCUT2D eigenvalue weighted by atomic mass is 10.1. The first-order chi connectivity index (χ1) is 8.15. The van der Waals surface area contributed by atoms with Gasteiger partial charge in [-0.3, -0.25) is 0 Å². The molecule has 0 bridgehead atoms. The topological polar surface area (TPSA) is 26.3 Å². The van der Waals surface area contributed by atoms with Gasteiger partial charge in [0.25, 0.3) is 0 Å². The van der Waals surface area contributed by atoms with Crippen LogP contribution >= 0.6 is 0 Å². The van der Waals surface area contributed by atoms with Crippen LogP contribution in [0.15, 0.2) is 48.5 Å². The van der Waals surface area contributed by atoms with Gasteiger partial charge in [0.2, 0.25) is 0 Å². The van der Waals surface area contributed by atoms with Gasteiger partial charge in [0.1, 0.15) is 11.6 Å². The van der Waals surface area contributed by atoms with Crippen LogP contribution in [0, 0.1) is 12.7 Å². The van der Waals surface area contributed by atoms with E-state index in [9.17, 15) is 9.18 Å². The minimum Gasteiger partial charge on any atom is -0.423 e. The number of hydrogen-bond donors (Lipinski definition) is 0. The predicted octanol–water partition coefficient (Wildman–Crippen LogP) is 3.35. The summed E-state index contributed by atoms with van der Waals surface area (Å²) >= 11 is 0. The molecule has 0 saturated carbocycles. The number of benzene rings is 2. The minimum atomic E-state index is -0.448. The van der Waals surface area contributed by atoms with E-state index in [0.29, 0.717) is 11.3 Å². The van der Waals surface area contributed by atoms with Gasteiger partial charge in [-0.05, 0) is 43.3 Å². The predicted molar refractivity (Wildman–Crippen MR) is 62.5 cm³/mol. The summed E-state index contributed by atoms with van der Waals surface area (Å²) in [4.78, 5) is 11.7. The van der Waals surface area contributed by atoms with Crippen LogP contribution in [0.25, 0.3) is 0 Å². The van der Waals surface area contributed by atoms with Gasteiger partial charge in [0.15, 0.2) is 0 Å². The summed E-state index contributed by atoms with van der Waals surface area (Å²) in [7, 11) is 0. The quantitative estimate of drug-likeness (QED) is 0.584.